The summed E-state index contributed by atoms with van der Waals surface area (Å²) in [6.45, 7) is 2.08. The number of carboxylic acid groups (broad SMARTS) is 1. The molecule has 1 saturated carbocycles. The Labute approximate surface area is 125 Å². The van der Waals surface area contributed by atoms with E-state index in [9.17, 15) is 18.3 Å². The summed E-state index contributed by atoms with van der Waals surface area (Å²) in [5.41, 5.74) is 0.993. The molecule has 0 bridgehead atoms. The minimum Gasteiger partial charge on any atom is -0.481 e. The van der Waals surface area contributed by atoms with Crippen LogP contribution < -0.4 is 4.72 Å². The molecule has 0 aliphatic heterocycles. The highest BCUT2D eigenvalue weighted by atomic mass is 32.2. The van der Waals surface area contributed by atoms with Crippen LogP contribution in [0.4, 0.5) is 0 Å². The first-order chi connectivity index (χ1) is 9.90. The van der Waals surface area contributed by atoms with Gasteiger partial charge in [-0.25, -0.2) is 13.1 Å². The molecule has 0 aromatic heterocycles. The van der Waals surface area contributed by atoms with Crippen molar-refractivity contribution in [2.24, 2.45) is 11.8 Å². The molecule has 2 N–H and O–H groups in total. The fraction of sp³-hybridized carbons (Fsp3) is 0.533. The molecule has 116 valence electrons. The van der Waals surface area contributed by atoms with E-state index >= 15 is 0 Å². The number of carbonyl (C=O) groups is 1. The molecule has 0 spiro atoms. The maximum atomic E-state index is 12.2. The molecule has 5 nitrogen and oxygen atoms in total. The molecule has 2 atom stereocenters. The van der Waals surface area contributed by atoms with Gasteiger partial charge in [-0.2, -0.15) is 0 Å². The van der Waals surface area contributed by atoms with E-state index < -0.39 is 21.9 Å². The second kappa shape index (κ2) is 6.58. The smallest absolute Gasteiger partial charge is 0.306 e. The lowest BCUT2D eigenvalue weighted by Gasteiger charge is -2.28. The minimum atomic E-state index is -3.57. The number of hydrogen-bond acceptors (Lipinski definition) is 3. The van der Waals surface area contributed by atoms with Gasteiger partial charge in [0.2, 0.25) is 10.0 Å². The van der Waals surface area contributed by atoms with Crippen molar-refractivity contribution in [3.05, 3.63) is 29.8 Å². The van der Waals surface area contributed by atoms with E-state index in [0.29, 0.717) is 6.42 Å². The fourth-order valence-electron chi connectivity index (χ4n) is 2.79. The van der Waals surface area contributed by atoms with Gasteiger partial charge >= 0.3 is 5.97 Å². The van der Waals surface area contributed by atoms with Crippen LogP contribution in [0.5, 0.6) is 0 Å². The van der Waals surface area contributed by atoms with Crippen LogP contribution in [0.3, 0.4) is 0 Å². The molecule has 0 unspecified atom stereocenters. The quantitative estimate of drug-likeness (QED) is 0.873. The Balaban J connectivity index is 2.03. The Morgan fingerprint density at radius 3 is 2.48 bits per heavy atom. The van der Waals surface area contributed by atoms with E-state index in [0.717, 1.165) is 24.8 Å². The number of benzene rings is 1. The molecule has 1 aliphatic rings. The highest BCUT2D eigenvalue weighted by molar-refractivity contribution is 7.89. The molecule has 0 saturated heterocycles. The highest BCUT2D eigenvalue weighted by Crippen LogP contribution is 2.30. The van der Waals surface area contributed by atoms with Gasteiger partial charge in [0.15, 0.2) is 0 Å². The van der Waals surface area contributed by atoms with E-state index in [4.69, 9.17) is 0 Å². The van der Waals surface area contributed by atoms with Crippen LogP contribution in [-0.4, -0.2) is 26.0 Å². The van der Waals surface area contributed by atoms with Gasteiger partial charge in [0, 0.05) is 6.54 Å². The second-order valence-electron chi connectivity index (χ2n) is 5.65. The van der Waals surface area contributed by atoms with Crippen molar-refractivity contribution < 1.29 is 18.3 Å². The van der Waals surface area contributed by atoms with E-state index in [1.165, 1.54) is 0 Å². The lowest BCUT2D eigenvalue weighted by molar-refractivity contribution is -0.144. The van der Waals surface area contributed by atoms with E-state index in [-0.39, 0.29) is 17.4 Å². The third-order valence-electron chi connectivity index (χ3n) is 4.09. The highest BCUT2D eigenvalue weighted by Gasteiger charge is 2.31. The van der Waals surface area contributed by atoms with Crippen molar-refractivity contribution in [3.63, 3.8) is 0 Å². The van der Waals surface area contributed by atoms with E-state index in [1.54, 1.807) is 24.3 Å². The zero-order valence-corrected chi connectivity index (χ0v) is 12.9. The van der Waals surface area contributed by atoms with Crippen molar-refractivity contribution in [1.29, 1.82) is 0 Å². The first-order valence-corrected chi connectivity index (χ1v) is 8.67. The lowest BCUT2D eigenvalue weighted by atomic mass is 9.79. The third-order valence-corrected chi connectivity index (χ3v) is 5.53. The summed E-state index contributed by atoms with van der Waals surface area (Å²) < 4.78 is 27.0. The largest absolute Gasteiger partial charge is 0.481 e. The van der Waals surface area contributed by atoms with Crippen LogP contribution in [0.15, 0.2) is 29.2 Å². The van der Waals surface area contributed by atoms with Crippen LogP contribution in [0.1, 0.15) is 31.2 Å². The number of rotatable bonds is 5. The summed E-state index contributed by atoms with van der Waals surface area (Å²) in [6, 6.07) is 6.62. The number of nitrogens with one attached hydrogen (secondary N) is 1. The molecule has 1 aliphatic carbocycles. The Kier molecular flexibility index (Phi) is 5.00. The van der Waals surface area contributed by atoms with Gasteiger partial charge in [-0.1, -0.05) is 30.5 Å². The number of aryl methyl sites for hydroxylation is 1. The van der Waals surface area contributed by atoms with Crippen molar-refractivity contribution in [3.8, 4) is 0 Å². The summed E-state index contributed by atoms with van der Waals surface area (Å²) in [7, 11) is -3.57. The van der Waals surface area contributed by atoms with Gasteiger partial charge < -0.3 is 5.11 Å². The van der Waals surface area contributed by atoms with Crippen LogP contribution in [0.2, 0.25) is 0 Å². The summed E-state index contributed by atoms with van der Waals surface area (Å²) in [6.07, 6.45) is 3.25. The van der Waals surface area contributed by atoms with E-state index in [1.807, 2.05) is 6.92 Å². The fourth-order valence-corrected chi connectivity index (χ4v) is 3.89. The molecule has 0 amide bonds. The third kappa shape index (κ3) is 4.04. The zero-order chi connectivity index (χ0) is 15.5. The zero-order valence-electron chi connectivity index (χ0n) is 12.1. The Bertz CT molecular complexity index is 595. The molecular weight excluding hydrogens is 290 g/mol. The molecule has 21 heavy (non-hydrogen) atoms. The Morgan fingerprint density at radius 2 is 1.86 bits per heavy atom. The second-order valence-corrected chi connectivity index (χ2v) is 7.42. The van der Waals surface area contributed by atoms with Crippen LogP contribution in [0.25, 0.3) is 0 Å². The molecule has 1 aromatic carbocycles. The van der Waals surface area contributed by atoms with Crippen molar-refractivity contribution >= 4 is 16.0 Å². The summed E-state index contributed by atoms with van der Waals surface area (Å²) in [5, 5.41) is 9.21. The van der Waals surface area contributed by atoms with Crippen molar-refractivity contribution in [2.45, 2.75) is 37.5 Å². The molecule has 6 heteroatoms. The van der Waals surface area contributed by atoms with Crippen molar-refractivity contribution in [2.75, 3.05) is 6.54 Å². The predicted octanol–water partition coefficient (Wildman–Crippen LogP) is 2.16. The van der Waals surface area contributed by atoms with Gasteiger partial charge in [0.1, 0.15) is 0 Å². The first kappa shape index (κ1) is 16.0. The van der Waals surface area contributed by atoms with Crippen LogP contribution in [0, 0.1) is 18.8 Å². The maximum Gasteiger partial charge on any atom is 0.306 e. The molecule has 1 fully saturated rings. The number of aliphatic carboxylic acids is 1. The van der Waals surface area contributed by atoms with Gasteiger partial charge in [-0.05, 0) is 37.8 Å². The SMILES string of the molecule is Cc1ccc(S(=O)(=O)NC[C@@H]2CCCC[C@@H]2C(=O)O)cc1. The molecule has 1 aromatic rings. The predicted molar refractivity (Wildman–Crippen MR) is 79.5 cm³/mol. The topological polar surface area (TPSA) is 83.5 Å². The summed E-state index contributed by atoms with van der Waals surface area (Å²) >= 11 is 0. The van der Waals surface area contributed by atoms with Crippen molar-refractivity contribution in [1.82, 2.24) is 4.72 Å². The molecule has 0 radical (unpaired) electrons. The van der Waals surface area contributed by atoms with Crippen LogP contribution in [-0.2, 0) is 14.8 Å². The maximum absolute atomic E-state index is 12.2. The number of sulfonamides is 1. The lowest BCUT2D eigenvalue weighted by Crippen LogP contribution is -2.37. The van der Waals surface area contributed by atoms with Gasteiger partial charge in [-0.15, -0.1) is 0 Å². The monoisotopic (exact) mass is 311 g/mol. The normalized spacial score (nSPS) is 22.9. The molecular formula is C15H21NO4S. The minimum absolute atomic E-state index is 0.128. The summed E-state index contributed by atoms with van der Waals surface area (Å²) in [5.74, 6) is -1.40. The van der Waals surface area contributed by atoms with Gasteiger partial charge in [0.05, 0.1) is 10.8 Å². The van der Waals surface area contributed by atoms with Gasteiger partial charge in [0.25, 0.3) is 0 Å². The van der Waals surface area contributed by atoms with Crippen LogP contribution >= 0.6 is 0 Å². The first-order valence-electron chi connectivity index (χ1n) is 7.19. The van der Waals surface area contributed by atoms with Gasteiger partial charge in [-0.3, -0.25) is 4.79 Å². The number of carboxylic acids is 1. The standard InChI is InChI=1S/C15H21NO4S/c1-11-6-8-13(9-7-11)21(19,20)16-10-12-4-2-3-5-14(12)15(17)18/h6-9,12,14,16H,2-5,10H2,1H3,(H,17,18)/t12-,14-/m0/s1. The Morgan fingerprint density at radius 1 is 1.24 bits per heavy atom. The Hall–Kier alpha value is -1.40. The average molecular weight is 311 g/mol. The summed E-state index contributed by atoms with van der Waals surface area (Å²) in [4.78, 5) is 11.4. The number of hydrogen-bond donors (Lipinski definition) is 2. The molecule has 0 heterocycles. The average Bonchev–Trinajstić information content (AvgIpc) is 2.46. The van der Waals surface area contributed by atoms with E-state index in [2.05, 4.69) is 4.72 Å². The molecule has 2 rings (SSSR count).